The molecule has 0 aromatic heterocycles. The topological polar surface area (TPSA) is 6.48 Å². The molecule has 0 N–H and O–H groups in total. The highest BCUT2D eigenvalue weighted by molar-refractivity contribution is 5.37. The lowest BCUT2D eigenvalue weighted by Crippen LogP contribution is -2.46. The third-order valence-electron chi connectivity index (χ3n) is 6.05. The Labute approximate surface area is 148 Å². The van der Waals surface area contributed by atoms with Crippen molar-refractivity contribution in [2.75, 3.05) is 19.6 Å². The second-order valence-electron chi connectivity index (χ2n) is 8.26. The van der Waals surface area contributed by atoms with Crippen molar-refractivity contribution < 1.29 is 0 Å². The van der Waals surface area contributed by atoms with Crippen LogP contribution in [0.15, 0.2) is 47.9 Å². The highest BCUT2D eigenvalue weighted by Gasteiger charge is 2.30. The van der Waals surface area contributed by atoms with E-state index in [0.29, 0.717) is 0 Å². The van der Waals surface area contributed by atoms with E-state index in [1.54, 1.807) is 11.1 Å². The van der Waals surface area contributed by atoms with Gasteiger partial charge in [0.25, 0.3) is 0 Å². The monoisotopic (exact) mass is 326 g/mol. The van der Waals surface area contributed by atoms with Gasteiger partial charge in [-0.25, -0.2) is 0 Å². The zero-order valence-electron chi connectivity index (χ0n) is 15.7. The highest BCUT2D eigenvalue weighted by Crippen LogP contribution is 2.33. The largest absolute Gasteiger partial charge is 0.371 e. The predicted molar refractivity (Wildman–Crippen MR) is 104 cm³/mol. The first-order chi connectivity index (χ1) is 11.5. The first-order valence-corrected chi connectivity index (χ1v) is 9.74. The van der Waals surface area contributed by atoms with E-state index in [4.69, 9.17) is 0 Å². The fourth-order valence-corrected chi connectivity index (χ4v) is 4.45. The lowest BCUT2D eigenvalue weighted by Gasteiger charge is -2.45. The van der Waals surface area contributed by atoms with E-state index >= 15 is 0 Å². The van der Waals surface area contributed by atoms with Crippen LogP contribution in [0, 0.1) is 0 Å². The lowest BCUT2D eigenvalue weighted by atomic mass is 9.89. The van der Waals surface area contributed by atoms with Gasteiger partial charge in [-0.3, -0.25) is 0 Å². The fraction of sp³-hybridized carbons (Fsp3) is 0.636. The molecule has 0 unspecified atom stereocenters. The van der Waals surface area contributed by atoms with E-state index in [-0.39, 0.29) is 5.54 Å². The summed E-state index contributed by atoms with van der Waals surface area (Å²) in [6.07, 6.45) is 14.5. The smallest absolute Gasteiger partial charge is 0.0425 e. The number of likely N-dealkylation sites (tertiary alicyclic amines) is 2. The Morgan fingerprint density at radius 1 is 1.00 bits per heavy atom. The molecule has 2 aliphatic heterocycles. The minimum Gasteiger partial charge on any atom is -0.371 e. The average molecular weight is 327 g/mol. The van der Waals surface area contributed by atoms with Crippen LogP contribution in [0.1, 0.15) is 65.2 Å². The molecule has 0 bridgehead atoms. The van der Waals surface area contributed by atoms with E-state index < -0.39 is 0 Å². The Bertz CT molecular complexity index is 565. The Morgan fingerprint density at radius 2 is 1.71 bits per heavy atom. The Morgan fingerprint density at radius 3 is 2.46 bits per heavy atom. The molecule has 0 amide bonds. The normalized spacial score (nSPS) is 23.2. The van der Waals surface area contributed by atoms with Crippen molar-refractivity contribution in [3.63, 3.8) is 0 Å². The van der Waals surface area contributed by atoms with E-state index in [2.05, 4.69) is 49.0 Å². The van der Waals surface area contributed by atoms with Gasteiger partial charge in [0, 0.05) is 36.6 Å². The summed E-state index contributed by atoms with van der Waals surface area (Å²) >= 11 is 0. The van der Waals surface area contributed by atoms with E-state index in [1.807, 2.05) is 0 Å². The van der Waals surface area contributed by atoms with Gasteiger partial charge in [0.05, 0.1) is 0 Å². The average Bonchev–Trinajstić information content (AvgIpc) is 2.58. The molecule has 24 heavy (non-hydrogen) atoms. The molecule has 0 spiro atoms. The Kier molecular flexibility index (Phi) is 5.22. The maximum absolute atomic E-state index is 4.40. The number of nitrogens with zero attached hydrogens (tertiary/aromatic N) is 2. The van der Waals surface area contributed by atoms with Crippen molar-refractivity contribution in [3.05, 3.63) is 47.9 Å². The molecule has 2 fully saturated rings. The molecule has 0 atom stereocenters. The summed E-state index contributed by atoms with van der Waals surface area (Å²) < 4.78 is 0. The van der Waals surface area contributed by atoms with Crippen molar-refractivity contribution in [1.82, 2.24) is 9.80 Å². The lowest BCUT2D eigenvalue weighted by molar-refractivity contribution is 0.112. The standard InChI is InChI=1S/C22H34N2/c1-18(23-16-13-20-9-5-6-10-21(20)17-23)11-12-19(2)24-15-8-7-14-22(24,3)4/h9-10H,1-2,5-8,11-17H2,3-4H3. The molecule has 3 aliphatic rings. The second kappa shape index (κ2) is 7.21. The molecule has 3 rings (SSSR count). The van der Waals surface area contributed by atoms with Gasteiger partial charge in [-0.15, -0.1) is 0 Å². The number of rotatable bonds is 5. The van der Waals surface area contributed by atoms with Gasteiger partial charge in [0.15, 0.2) is 0 Å². The van der Waals surface area contributed by atoms with Gasteiger partial charge >= 0.3 is 0 Å². The third-order valence-corrected chi connectivity index (χ3v) is 6.05. The van der Waals surface area contributed by atoms with Crippen LogP contribution in [-0.4, -0.2) is 35.0 Å². The number of fused-ring (bicyclic) bond motifs is 1. The summed E-state index contributed by atoms with van der Waals surface area (Å²) in [7, 11) is 0. The van der Waals surface area contributed by atoms with Crippen LogP contribution in [0.3, 0.4) is 0 Å². The maximum atomic E-state index is 4.40. The zero-order chi connectivity index (χ0) is 17.2. The number of hydrogen-bond acceptors (Lipinski definition) is 2. The summed E-state index contributed by atoms with van der Waals surface area (Å²) in [6, 6.07) is 0. The number of piperidine rings is 2. The first-order valence-electron chi connectivity index (χ1n) is 9.74. The van der Waals surface area contributed by atoms with Gasteiger partial charge in [-0.05, 0) is 76.4 Å². The van der Waals surface area contributed by atoms with Crippen LogP contribution < -0.4 is 0 Å². The first kappa shape index (κ1) is 17.4. The molecule has 2 heterocycles. The fourth-order valence-electron chi connectivity index (χ4n) is 4.45. The minimum absolute atomic E-state index is 0.272. The molecule has 0 radical (unpaired) electrons. The highest BCUT2D eigenvalue weighted by atomic mass is 15.2. The maximum Gasteiger partial charge on any atom is 0.0425 e. The Hall–Kier alpha value is -1.44. The van der Waals surface area contributed by atoms with Gasteiger partial charge in [0.1, 0.15) is 0 Å². The SMILES string of the molecule is C=C(CCC(=C)N1CCCCC1(C)C)N1CCC2=CCCC=C2C1. The van der Waals surface area contributed by atoms with E-state index in [0.717, 1.165) is 25.9 Å². The second-order valence-corrected chi connectivity index (χ2v) is 8.26. The van der Waals surface area contributed by atoms with Crippen LogP contribution in [0.25, 0.3) is 0 Å². The molecule has 2 heteroatoms. The van der Waals surface area contributed by atoms with Crippen LogP contribution in [-0.2, 0) is 0 Å². The number of allylic oxidation sites excluding steroid dienone is 4. The quantitative estimate of drug-likeness (QED) is 0.666. The molecule has 132 valence electrons. The van der Waals surface area contributed by atoms with Crippen LogP contribution in [0.2, 0.25) is 0 Å². The van der Waals surface area contributed by atoms with Crippen LogP contribution >= 0.6 is 0 Å². The minimum atomic E-state index is 0.272. The van der Waals surface area contributed by atoms with Gasteiger partial charge in [-0.1, -0.05) is 25.3 Å². The third kappa shape index (κ3) is 3.79. The molecule has 2 saturated heterocycles. The summed E-state index contributed by atoms with van der Waals surface area (Å²) in [6.45, 7) is 16.9. The predicted octanol–water partition coefficient (Wildman–Crippen LogP) is 5.41. The molecule has 0 aromatic carbocycles. The van der Waals surface area contributed by atoms with Crippen molar-refractivity contribution in [3.8, 4) is 0 Å². The van der Waals surface area contributed by atoms with Crippen molar-refractivity contribution in [2.45, 2.75) is 70.8 Å². The molecule has 2 nitrogen and oxygen atoms in total. The molecular weight excluding hydrogens is 292 g/mol. The number of hydrogen-bond donors (Lipinski definition) is 0. The van der Waals surface area contributed by atoms with E-state index in [1.165, 1.54) is 56.5 Å². The summed E-state index contributed by atoms with van der Waals surface area (Å²) in [5.41, 5.74) is 6.00. The van der Waals surface area contributed by atoms with Crippen LogP contribution in [0.5, 0.6) is 0 Å². The van der Waals surface area contributed by atoms with E-state index in [9.17, 15) is 0 Å². The van der Waals surface area contributed by atoms with Crippen molar-refractivity contribution >= 4 is 0 Å². The summed E-state index contributed by atoms with van der Waals surface area (Å²) in [5, 5.41) is 0. The van der Waals surface area contributed by atoms with Gasteiger partial charge in [-0.2, -0.15) is 0 Å². The molecule has 0 saturated carbocycles. The van der Waals surface area contributed by atoms with Crippen LogP contribution in [0.4, 0.5) is 0 Å². The van der Waals surface area contributed by atoms with Gasteiger partial charge in [0.2, 0.25) is 0 Å². The molecule has 1 aliphatic carbocycles. The van der Waals surface area contributed by atoms with Crippen molar-refractivity contribution in [2.24, 2.45) is 0 Å². The van der Waals surface area contributed by atoms with Crippen molar-refractivity contribution in [1.29, 1.82) is 0 Å². The van der Waals surface area contributed by atoms with Gasteiger partial charge < -0.3 is 9.80 Å². The summed E-state index contributed by atoms with van der Waals surface area (Å²) in [5.74, 6) is 0. The summed E-state index contributed by atoms with van der Waals surface area (Å²) in [4.78, 5) is 5.04. The zero-order valence-corrected chi connectivity index (χ0v) is 15.7. The molecule has 0 aromatic rings. The Balaban J connectivity index is 1.51. The molecular formula is C22H34N2.